The van der Waals surface area contributed by atoms with Crippen molar-refractivity contribution in [3.8, 4) is 44.8 Å². The Kier molecular flexibility index (Phi) is 11.4. The fourth-order valence-electron chi connectivity index (χ4n) is 14.9. The van der Waals surface area contributed by atoms with Crippen LogP contribution >= 0.6 is 0 Å². The Morgan fingerprint density at radius 2 is 0.604 bits per heavy atom. The van der Waals surface area contributed by atoms with E-state index in [1.807, 2.05) is 30.3 Å². The molecule has 4 heterocycles. The van der Waals surface area contributed by atoms with Gasteiger partial charge in [0, 0.05) is 61.4 Å². The van der Waals surface area contributed by atoms with Crippen LogP contribution in [0.3, 0.4) is 0 Å². The van der Waals surface area contributed by atoms with Gasteiger partial charge in [-0.05, 0) is 194 Å². The molecule has 12 aromatic carbocycles. The van der Waals surface area contributed by atoms with Crippen molar-refractivity contribution >= 4 is 101 Å². The molecule has 4 nitrogen and oxygen atoms in total. The third-order valence-corrected chi connectivity index (χ3v) is 20.8. The molecule has 0 N–H and O–H groups in total. The van der Waals surface area contributed by atoms with Crippen molar-refractivity contribution in [1.82, 2.24) is 9.13 Å². The Balaban J connectivity index is 1.10. The summed E-state index contributed by atoms with van der Waals surface area (Å²) in [5, 5.41) is -0.359. The summed E-state index contributed by atoms with van der Waals surface area (Å²) in [5.41, 5.74) is 17.8. The molecule has 5 heteroatoms. The molecule has 0 aliphatic carbocycles. The minimum Gasteiger partial charge on any atom is -0.311 e. The highest BCUT2D eigenvalue weighted by Gasteiger charge is 2.45. The molecule has 2 aliphatic rings. The second-order valence-corrected chi connectivity index (χ2v) is 34.1. The molecule has 0 saturated heterocycles. The van der Waals surface area contributed by atoms with Crippen LogP contribution in [0.5, 0.6) is 0 Å². The molecule has 0 spiro atoms. The summed E-state index contributed by atoms with van der Waals surface area (Å²) >= 11 is 0. The Labute approximate surface area is 622 Å². The first-order chi connectivity index (χ1) is 54.5. The summed E-state index contributed by atoms with van der Waals surface area (Å²) < 4.78 is 155. The van der Waals surface area contributed by atoms with Gasteiger partial charge in [0.05, 0.1) is 49.7 Å². The highest BCUT2D eigenvalue weighted by molar-refractivity contribution is 7.00. The van der Waals surface area contributed by atoms with Crippen LogP contribution in [0.2, 0.25) is 0 Å². The molecule has 2 aliphatic heterocycles. The summed E-state index contributed by atoms with van der Waals surface area (Å²) in [4.78, 5) is 4.36. The van der Waals surface area contributed by atoms with Crippen molar-refractivity contribution in [2.24, 2.45) is 0 Å². The minimum atomic E-state index is -0.722. The summed E-state index contributed by atoms with van der Waals surface area (Å²) in [5.74, 6) is 0. The number of nitrogens with zero attached hydrogens (tertiary/aromatic N) is 4. The predicted octanol–water partition coefficient (Wildman–Crippen LogP) is 24.7. The van der Waals surface area contributed by atoms with Gasteiger partial charge in [0.2, 0.25) is 0 Å². The monoisotopic (exact) mass is 1330 g/mol. The van der Waals surface area contributed by atoms with Crippen molar-refractivity contribution < 1.29 is 21.9 Å². The van der Waals surface area contributed by atoms with E-state index in [1.165, 1.54) is 4.57 Å². The van der Waals surface area contributed by atoms with E-state index < -0.39 is 103 Å². The van der Waals surface area contributed by atoms with Crippen molar-refractivity contribution in [2.75, 3.05) is 9.80 Å². The summed E-state index contributed by atoms with van der Waals surface area (Å²) in [6.45, 7) is 39.2. The van der Waals surface area contributed by atoms with Gasteiger partial charge in [-0.2, -0.15) is 0 Å². The lowest BCUT2D eigenvalue weighted by Crippen LogP contribution is -2.61. The molecular weight excluding hydrogens is 1220 g/mol. The zero-order valence-electron chi connectivity index (χ0n) is 77.3. The van der Waals surface area contributed by atoms with E-state index in [1.54, 1.807) is 4.57 Å². The fraction of sp³-hybridized carbons (Fsp3) is 0.250. The van der Waals surface area contributed by atoms with E-state index in [2.05, 4.69) is 256 Å². The molecule has 0 radical (unpaired) electrons. The quantitative estimate of drug-likeness (QED) is 0.148. The SMILES string of the molecule is [2H]c1c([2H])c([2H])c2c(c1[2H])c1c([2H])c([2H])c([2H])c([2H])c1n2-c1ccc2c(c1)N(c1ccc(-c3cc(C(C)(C)C)cc(C(C)(C)C)c3)cc1)c1cc(-n3c4c([2H])c([2H])c([2H])c([2H])c4c4c([2H])c([2H])c([2H])c([2H])c43)cc3c1B2c1cc(-c2cc(C(C)(C)C)cc(C(C)(C)C)c2)ccc1N3c1cccc(-c2cc(C(C)(C)C)cc(C(C)(C)C)c2)c1. The molecule has 0 amide bonds. The van der Waals surface area contributed by atoms with Gasteiger partial charge in [0.15, 0.2) is 0 Å². The van der Waals surface area contributed by atoms with Gasteiger partial charge in [-0.15, -0.1) is 0 Å². The van der Waals surface area contributed by atoms with Gasteiger partial charge in [0.1, 0.15) is 0 Å². The molecule has 14 aromatic rings. The third-order valence-electron chi connectivity index (χ3n) is 20.8. The number of para-hydroxylation sites is 4. The minimum absolute atomic E-state index is 0.0652. The van der Waals surface area contributed by atoms with Crippen molar-refractivity contribution in [3.63, 3.8) is 0 Å². The molecule has 0 atom stereocenters. The maximum absolute atomic E-state index is 10.0. The number of anilines is 6. The first kappa shape index (κ1) is 49.4. The molecule has 16 rings (SSSR count). The molecule has 2 aromatic heterocycles. The molecule has 0 unspecified atom stereocenters. The zero-order valence-corrected chi connectivity index (χ0v) is 61.3. The second-order valence-electron chi connectivity index (χ2n) is 34.1. The third kappa shape index (κ3) is 11.3. The van der Waals surface area contributed by atoms with Gasteiger partial charge in [-0.3, -0.25) is 0 Å². The number of rotatable bonds is 7. The van der Waals surface area contributed by atoms with Crippen LogP contribution < -0.4 is 26.2 Å². The second kappa shape index (κ2) is 23.2. The van der Waals surface area contributed by atoms with Gasteiger partial charge < -0.3 is 18.9 Å². The highest BCUT2D eigenvalue weighted by Crippen LogP contribution is 2.50. The topological polar surface area (TPSA) is 16.3 Å². The van der Waals surface area contributed by atoms with Crippen LogP contribution in [0.15, 0.2) is 248 Å². The normalized spacial score (nSPS) is 15.8. The predicted molar refractivity (Wildman–Crippen MR) is 438 cm³/mol. The maximum Gasteiger partial charge on any atom is 0.252 e. The first-order valence-electron chi connectivity index (χ1n) is 43.3. The van der Waals surface area contributed by atoms with E-state index in [4.69, 9.17) is 2.74 Å². The lowest BCUT2D eigenvalue weighted by atomic mass is 9.33. The van der Waals surface area contributed by atoms with E-state index >= 15 is 0 Å². The van der Waals surface area contributed by atoms with Crippen LogP contribution in [0.4, 0.5) is 34.1 Å². The van der Waals surface area contributed by atoms with E-state index in [9.17, 15) is 19.2 Å². The summed E-state index contributed by atoms with van der Waals surface area (Å²) in [6, 6.07) is 45.2. The smallest absolute Gasteiger partial charge is 0.252 e. The van der Waals surface area contributed by atoms with Crippen LogP contribution in [-0.2, 0) is 32.5 Å². The molecule has 0 fully saturated rings. The van der Waals surface area contributed by atoms with Gasteiger partial charge in [-0.25, -0.2) is 0 Å². The Bertz CT molecular complexity index is 6420. The van der Waals surface area contributed by atoms with Crippen LogP contribution in [0.25, 0.3) is 88.4 Å². The Hall–Kier alpha value is -10.1. The summed E-state index contributed by atoms with van der Waals surface area (Å²) in [6.07, 6.45) is 0. The zero-order chi connectivity index (χ0) is 84.7. The van der Waals surface area contributed by atoms with Crippen molar-refractivity contribution in [3.05, 3.63) is 282 Å². The maximum atomic E-state index is 10.0. The number of hydrogen-bond donors (Lipinski definition) is 0. The number of hydrogen-bond acceptors (Lipinski definition) is 2. The van der Waals surface area contributed by atoms with Crippen LogP contribution in [0.1, 0.15) is 180 Å². The van der Waals surface area contributed by atoms with Gasteiger partial charge in [0.25, 0.3) is 6.71 Å². The van der Waals surface area contributed by atoms with E-state index in [-0.39, 0.29) is 87.5 Å². The van der Waals surface area contributed by atoms with Crippen molar-refractivity contribution in [2.45, 2.75) is 157 Å². The fourth-order valence-corrected chi connectivity index (χ4v) is 14.9. The molecule has 0 saturated carbocycles. The largest absolute Gasteiger partial charge is 0.311 e. The first-order valence-corrected chi connectivity index (χ1v) is 35.3. The lowest BCUT2D eigenvalue weighted by Gasteiger charge is -2.45. The molecule has 101 heavy (non-hydrogen) atoms. The van der Waals surface area contributed by atoms with E-state index in [0.717, 1.165) is 94.5 Å². The Morgan fingerprint density at radius 3 is 1.02 bits per heavy atom. The standard InChI is InChI=1S/C96H95BN4/c1-91(2,3)66-46-63(47-67(54-66)92(4,5)6)60-38-41-72(42-39-60)98-87-57-74(99-82-34-23-19-30-76(82)77-31-20-24-35-83(77)99)43-44-80(87)97-81-53-62(65-50-70(95(13,14)15)56-71(51-65)96(16,17)18)40-45-86(81)100(73-29-27-28-61(52-73)64-48-68(93(7,8)9)55-69(49-64)94(10,11)12)89-59-75(58-88(98)90(89)97)101-84-36-25-21-32-78(84)79-33-22-26-37-85(79)101/h19-59H,1-18H3/i19D,20D,21D,22D,23D,24D,25D,26D,30D,31D,32D,33D,34D,35D,36D,37D. The van der Waals surface area contributed by atoms with Crippen LogP contribution in [0, 0.1) is 0 Å². The van der Waals surface area contributed by atoms with Crippen LogP contribution in [-0.4, -0.2) is 15.8 Å². The van der Waals surface area contributed by atoms with E-state index in [0.29, 0.717) is 22.7 Å². The van der Waals surface area contributed by atoms with Gasteiger partial charge >= 0.3 is 0 Å². The Morgan fingerprint density at radius 1 is 0.257 bits per heavy atom. The molecule has 502 valence electrons. The average molecular weight is 1330 g/mol. The molecule has 0 bridgehead atoms. The number of fused-ring (bicyclic) bond motifs is 10. The number of benzene rings is 12. The van der Waals surface area contributed by atoms with Gasteiger partial charge in [-0.1, -0.05) is 294 Å². The average Bonchev–Trinajstić information content (AvgIpc) is 1.65. The molecular formula is C96H95BN4. The number of aromatic nitrogens is 2. The highest BCUT2D eigenvalue weighted by atomic mass is 15.2. The summed E-state index contributed by atoms with van der Waals surface area (Å²) in [7, 11) is 0. The lowest BCUT2D eigenvalue weighted by molar-refractivity contribution is 0.568. The van der Waals surface area contributed by atoms with Crippen molar-refractivity contribution in [1.29, 1.82) is 0 Å².